The average molecular weight is 373 g/mol. The van der Waals surface area contributed by atoms with Crippen molar-refractivity contribution in [2.45, 2.75) is 32.2 Å². The molecule has 0 spiro atoms. The zero-order valence-electron chi connectivity index (χ0n) is 16.3. The maximum atomic E-state index is 12.4. The molecule has 1 aliphatic rings. The molecule has 0 unspecified atom stereocenters. The normalized spacial score (nSPS) is 15.3. The molecule has 0 aliphatic carbocycles. The van der Waals surface area contributed by atoms with E-state index in [2.05, 4.69) is 53.4 Å². The molecule has 0 bridgehead atoms. The van der Waals surface area contributed by atoms with Crippen molar-refractivity contribution < 1.29 is 0 Å². The van der Waals surface area contributed by atoms with Crippen LogP contribution in [0.15, 0.2) is 59.5 Å². The number of pyridine rings is 1. The summed E-state index contributed by atoms with van der Waals surface area (Å²) in [5.74, 6) is 1.85. The Labute approximate surface area is 163 Å². The van der Waals surface area contributed by atoms with E-state index in [1.54, 1.807) is 16.7 Å². The van der Waals surface area contributed by atoms with Crippen LogP contribution < -0.4 is 10.5 Å². The van der Waals surface area contributed by atoms with Crippen molar-refractivity contribution >= 4 is 22.5 Å². The first-order valence-electron chi connectivity index (χ1n) is 9.63. The van der Waals surface area contributed by atoms with Crippen molar-refractivity contribution in [2.24, 2.45) is 0 Å². The smallest absolute Gasteiger partial charge is 0.259 e. The minimum Gasteiger partial charge on any atom is -0.352 e. The van der Waals surface area contributed by atoms with Crippen molar-refractivity contribution in [2.75, 3.05) is 18.0 Å². The molecule has 1 fully saturated rings. The highest BCUT2D eigenvalue weighted by molar-refractivity contribution is 5.76. The summed E-state index contributed by atoms with van der Waals surface area (Å²) in [5, 5.41) is 0. The first-order valence-corrected chi connectivity index (χ1v) is 9.63. The Kier molecular flexibility index (Phi) is 3.59. The molecule has 0 saturated carbocycles. The van der Waals surface area contributed by atoms with E-state index < -0.39 is 0 Å². The number of para-hydroxylation sites is 2. The summed E-state index contributed by atoms with van der Waals surface area (Å²) in [6.45, 7) is 8.24. The van der Waals surface area contributed by atoms with Gasteiger partial charge in [0.2, 0.25) is 0 Å². The van der Waals surface area contributed by atoms with Gasteiger partial charge in [0, 0.05) is 30.8 Å². The Morgan fingerprint density at radius 3 is 2.54 bits per heavy atom. The van der Waals surface area contributed by atoms with Crippen LogP contribution in [0.25, 0.3) is 16.7 Å². The van der Waals surface area contributed by atoms with Gasteiger partial charge in [-0.2, -0.15) is 0 Å². The second-order valence-corrected chi connectivity index (χ2v) is 8.48. The minimum atomic E-state index is -0.0486. The van der Waals surface area contributed by atoms with Crippen LogP contribution in [0, 0.1) is 0 Å². The van der Waals surface area contributed by atoms with Crippen LogP contribution in [0.5, 0.6) is 0 Å². The van der Waals surface area contributed by atoms with E-state index in [0.717, 1.165) is 30.2 Å². The molecule has 0 radical (unpaired) electrons. The number of benzene rings is 1. The summed E-state index contributed by atoms with van der Waals surface area (Å²) in [7, 11) is 0. The van der Waals surface area contributed by atoms with Crippen molar-refractivity contribution in [3.63, 3.8) is 0 Å². The third kappa shape index (κ3) is 2.59. The molecule has 5 rings (SSSR count). The topological polar surface area (TPSA) is 55.4 Å². The van der Waals surface area contributed by atoms with Crippen LogP contribution in [0.4, 0.5) is 5.82 Å². The van der Waals surface area contributed by atoms with Gasteiger partial charge in [-0.3, -0.25) is 9.20 Å². The zero-order valence-corrected chi connectivity index (χ0v) is 16.3. The second kappa shape index (κ2) is 5.92. The predicted octanol–water partition coefficient (Wildman–Crippen LogP) is 3.40. The third-order valence-electron chi connectivity index (χ3n) is 5.38. The SMILES string of the molecule is CC(C)(C)c1nc2ccccc2n1C1CN(c2cc(=O)n3ccccc3n2)C1. The van der Waals surface area contributed by atoms with Crippen LogP contribution in [0.1, 0.15) is 32.6 Å². The fourth-order valence-electron chi connectivity index (χ4n) is 3.95. The second-order valence-electron chi connectivity index (χ2n) is 8.48. The lowest BCUT2D eigenvalue weighted by Crippen LogP contribution is -2.49. The van der Waals surface area contributed by atoms with Gasteiger partial charge >= 0.3 is 0 Å². The molecule has 28 heavy (non-hydrogen) atoms. The van der Waals surface area contributed by atoms with Gasteiger partial charge in [-0.25, -0.2) is 9.97 Å². The highest BCUT2D eigenvalue weighted by atomic mass is 16.1. The number of hydrogen-bond acceptors (Lipinski definition) is 4. The van der Waals surface area contributed by atoms with Crippen LogP contribution in [-0.2, 0) is 5.41 Å². The molecule has 1 aliphatic heterocycles. The summed E-state index contributed by atoms with van der Waals surface area (Å²) in [6, 6.07) is 15.9. The number of nitrogens with zero attached hydrogens (tertiary/aromatic N) is 5. The standard InChI is InChI=1S/C22H23N5O/c1-22(2,3)21-23-16-8-4-5-9-17(16)27(21)15-13-25(14-15)19-12-20(28)26-11-7-6-10-18(26)24-19/h4-12,15H,13-14H2,1-3H3. The summed E-state index contributed by atoms with van der Waals surface area (Å²) >= 11 is 0. The average Bonchev–Trinajstić information content (AvgIpc) is 3.01. The van der Waals surface area contributed by atoms with Gasteiger partial charge < -0.3 is 9.47 Å². The summed E-state index contributed by atoms with van der Waals surface area (Å²) in [5.41, 5.74) is 2.79. The van der Waals surface area contributed by atoms with Gasteiger partial charge in [0.25, 0.3) is 5.56 Å². The highest BCUT2D eigenvalue weighted by Gasteiger charge is 2.35. The third-order valence-corrected chi connectivity index (χ3v) is 5.38. The van der Waals surface area contributed by atoms with Gasteiger partial charge in [0.05, 0.1) is 17.1 Å². The van der Waals surface area contributed by atoms with Gasteiger partial charge in [0.1, 0.15) is 17.3 Å². The number of fused-ring (bicyclic) bond motifs is 2. The molecule has 4 heterocycles. The van der Waals surface area contributed by atoms with E-state index in [4.69, 9.17) is 4.98 Å². The number of hydrogen-bond donors (Lipinski definition) is 0. The fraction of sp³-hybridized carbons (Fsp3) is 0.318. The van der Waals surface area contributed by atoms with Crippen molar-refractivity contribution in [1.82, 2.24) is 18.9 Å². The van der Waals surface area contributed by atoms with E-state index in [0.29, 0.717) is 11.7 Å². The Bertz CT molecular complexity index is 1240. The molecule has 1 aromatic carbocycles. The molecule has 0 amide bonds. The van der Waals surface area contributed by atoms with Crippen molar-refractivity contribution in [3.8, 4) is 0 Å². The van der Waals surface area contributed by atoms with Gasteiger partial charge in [0.15, 0.2) is 0 Å². The predicted molar refractivity (Wildman–Crippen MR) is 111 cm³/mol. The Balaban J connectivity index is 1.50. The van der Waals surface area contributed by atoms with Crippen molar-refractivity contribution in [1.29, 1.82) is 0 Å². The van der Waals surface area contributed by atoms with Crippen molar-refractivity contribution in [3.05, 3.63) is 70.9 Å². The summed E-state index contributed by atoms with van der Waals surface area (Å²) in [6.07, 6.45) is 1.75. The van der Waals surface area contributed by atoms with Crippen LogP contribution in [0.3, 0.4) is 0 Å². The lowest BCUT2D eigenvalue weighted by Gasteiger charge is -2.42. The molecule has 3 aromatic heterocycles. The first-order chi connectivity index (χ1) is 13.4. The minimum absolute atomic E-state index is 0.0422. The lowest BCUT2D eigenvalue weighted by atomic mass is 9.94. The first kappa shape index (κ1) is 17.0. The number of aromatic nitrogens is 4. The highest BCUT2D eigenvalue weighted by Crippen LogP contribution is 2.34. The molecule has 0 N–H and O–H groups in total. The maximum Gasteiger partial charge on any atom is 0.259 e. The Morgan fingerprint density at radius 2 is 1.75 bits per heavy atom. The molecule has 142 valence electrons. The monoisotopic (exact) mass is 373 g/mol. The van der Waals surface area contributed by atoms with Gasteiger partial charge in [-0.1, -0.05) is 39.0 Å². The molecular formula is C22H23N5O. The summed E-state index contributed by atoms with van der Waals surface area (Å²) < 4.78 is 3.95. The van der Waals surface area contributed by atoms with E-state index in [9.17, 15) is 4.79 Å². The van der Waals surface area contributed by atoms with E-state index in [-0.39, 0.29) is 11.0 Å². The van der Waals surface area contributed by atoms with Crippen LogP contribution in [0.2, 0.25) is 0 Å². The zero-order chi connectivity index (χ0) is 19.5. The number of imidazole rings is 1. The molecule has 1 saturated heterocycles. The number of rotatable bonds is 2. The fourth-order valence-corrected chi connectivity index (χ4v) is 3.95. The molecular weight excluding hydrogens is 350 g/mol. The quantitative estimate of drug-likeness (QED) is 0.540. The molecule has 4 aromatic rings. The van der Waals surface area contributed by atoms with E-state index in [1.165, 1.54) is 5.52 Å². The number of anilines is 1. The summed E-state index contributed by atoms with van der Waals surface area (Å²) in [4.78, 5) is 24.1. The van der Waals surface area contributed by atoms with Gasteiger partial charge in [-0.05, 0) is 24.3 Å². The molecule has 0 atom stereocenters. The van der Waals surface area contributed by atoms with Gasteiger partial charge in [-0.15, -0.1) is 0 Å². The molecule has 6 heteroatoms. The van der Waals surface area contributed by atoms with E-state index >= 15 is 0 Å². The lowest BCUT2D eigenvalue weighted by molar-refractivity contribution is 0.371. The van der Waals surface area contributed by atoms with Crippen LogP contribution >= 0.6 is 0 Å². The largest absolute Gasteiger partial charge is 0.352 e. The molecule has 6 nitrogen and oxygen atoms in total. The van der Waals surface area contributed by atoms with Crippen LogP contribution in [-0.4, -0.2) is 32.0 Å². The maximum absolute atomic E-state index is 12.4. The Hall–Kier alpha value is -3.15. The van der Waals surface area contributed by atoms with E-state index in [1.807, 2.05) is 24.3 Å². The Morgan fingerprint density at radius 1 is 1.00 bits per heavy atom.